The van der Waals surface area contributed by atoms with Crippen molar-refractivity contribution in [1.29, 1.82) is 0 Å². The number of nitrogens with one attached hydrogen (secondary N) is 4. The molecule has 3 aromatic carbocycles. The van der Waals surface area contributed by atoms with Gasteiger partial charge in [-0.1, -0.05) is 42.6 Å². The van der Waals surface area contributed by atoms with Crippen molar-refractivity contribution in [2.75, 3.05) is 17.2 Å². The molecule has 4 rings (SSSR count). The Bertz CT molecular complexity index is 1180. The van der Waals surface area contributed by atoms with Crippen LogP contribution in [0.1, 0.15) is 11.1 Å². The quantitative estimate of drug-likeness (QED) is 0.284. The molecule has 1 aliphatic rings. The number of amides is 1. The van der Waals surface area contributed by atoms with Crippen molar-refractivity contribution in [2.24, 2.45) is 0 Å². The summed E-state index contributed by atoms with van der Waals surface area (Å²) < 4.78 is 38.4. The second-order valence-corrected chi connectivity index (χ2v) is 8.10. The van der Waals surface area contributed by atoms with Gasteiger partial charge in [-0.15, -0.1) is 0 Å². The number of carbonyl (C=O) groups excluding carboxylic acids is 1. The SMILES string of the molecule is C=C(NNC(=O)CNc1cccc(C(F)(F)F)c1)c1ccc2c(c1)Nc1ccccc1S2. The zero-order chi connectivity index (χ0) is 22.7. The lowest BCUT2D eigenvalue weighted by atomic mass is 10.1. The molecular formula is C23H19F3N4OS. The van der Waals surface area contributed by atoms with E-state index in [4.69, 9.17) is 0 Å². The van der Waals surface area contributed by atoms with Gasteiger partial charge in [-0.3, -0.25) is 15.6 Å². The number of benzene rings is 3. The lowest BCUT2D eigenvalue weighted by molar-refractivity contribution is -0.137. The van der Waals surface area contributed by atoms with Gasteiger partial charge in [-0.25, -0.2) is 0 Å². The molecule has 0 bridgehead atoms. The first-order valence-corrected chi connectivity index (χ1v) is 10.4. The fourth-order valence-corrected chi connectivity index (χ4v) is 4.04. The minimum atomic E-state index is -4.44. The maximum Gasteiger partial charge on any atom is 0.416 e. The molecule has 0 saturated carbocycles. The monoisotopic (exact) mass is 456 g/mol. The van der Waals surface area contributed by atoms with E-state index in [0.717, 1.165) is 38.9 Å². The number of hydrogen-bond acceptors (Lipinski definition) is 5. The predicted molar refractivity (Wildman–Crippen MR) is 121 cm³/mol. The van der Waals surface area contributed by atoms with Crippen molar-refractivity contribution in [3.05, 3.63) is 84.4 Å². The summed E-state index contributed by atoms with van der Waals surface area (Å²) in [5.74, 6) is -0.455. The maximum atomic E-state index is 12.8. The molecule has 0 aliphatic carbocycles. The first kappa shape index (κ1) is 21.6. The van der Waals surface area contributed by atoms with Crippen molar-refractivity contribution >= 4 is 40.4 Å². The Morgan fingerprint density at radius 3 is 2.53 bits per heavy atom. The Labute approximate surface area is 187 Å². The van der Waals surface area contributed by atoms with Gasteiger partial charge in [0, 0.05) is 21.0 Å². The van der Waals surface area contributed by atoms with E-state index in [1.165, 1.54) is 12.1 Å². The van der Waals surface area contributed by atoms with E-state index in [0.29, 0.717) is 5.70 Å². The predicted octanol–water partition coefficient (Wildman–Crippen LogP) is 5.62. The van der Waals surface area contributed by atoms with Crippen LogP contribution in [0.2, 0.25) is 0 Å². The fourth-order valence-electron chi connectivity index (χ4n) is 3.08. The number of anilines is 3. The second-order valence-electron chi connectivity index (χ2n) is 7.02. The third kappa shape index (κ3) is 5.00. The van der Waals surface area contributed by atoms with Crippen LogP contribution in [0, 0.1) is 0 Å². The highest BCUT2D eigenvalue weighted by Crippen LogP contribution is 2.44. The highest BCUT2D eigenvalue weighted by molar-refractivity contribution is 7.99. The van der Waals surface area contributed by atoms with Crippen molar-refractivity contribution in [3.8, 4) is 0 Å². The molecule has 0 unspecified atom stereocenters. The van der Waals surface area contributed by atoms with Gasteiger partial charge in [0.2, 0.25) is 0 Å². The number of carbonyl (C=O) groups is 1. The van der Waals surface area contributed by atoms with E-state index in [2.05, 4.69) is 28.1 Å². The molecule has 0 aromatic heterocycles. The Balaban J connectivity index is 1.31. The summed E-state index contributed by atoms with van der Waals surface area (Å²) in [5, 5.41) is 6.06. The molecular weight excluding hydrogens is 437 g/mol. The van der Waals surface area contributed by atoms with Crippen LogP contribution < -0.4 is 21.5 Å². The van der Waals surface area contributed by atoms with Crippen molar-refractivity contribution in [3.63, 3.8) is 0 Å². The molecule has 1 amide bonds. The molecule has 0 atom stereocenters. The van der Waals surface area contributed by atoms with Gasteiger partial charge in [-0.2, -0.15) is 13.2 Å². The van der Waals surface area contributed by atoms with Gasteiger partial charge in [0.15, 0.2) is 0 Å². The molecule has 1 heterocycles. The largest absolute Gasteiger partial charge is 0.416 e. The number of fused-ring (bicyclic) bond motifs is 2. The van der Waals surface area contributed by atoms with Gasteiger partial charge in [0.05, 0.1) is 29.2 Å². The Morgan fingerprint density at radius 2 is 1.72 bits per heavy atom. The summed E-state index contributed by atoms with van der Waals surface area (Å²) in [6.07, 6.45) is -4.44. The van der Waals surface area contributed by atoms with Gasteiger partial charge >= 0.3 is 6.18 Å². The molecule has 164 valence electrons. The molecule has 0 fully saturated rings. The average Bonchev–Trinajstić information content (AvgIpc) is 2.79. The van der Waals surface area contributed by atoms with Crippen LogP contribution in [-0.2, 0) is 11.0 Å². The number of hydrazine groups is 1. The minimum absolute atomic E-state index is 0.201. The van der Waals surface area contributed by atoms with E-state index in [1.54, 1.807) is 11.8 Å². The maximum absolute atomic E-state index is 12.8. The smallest absolute Gasteiger partial charge is 0.376 e. The second kappa shape index (κ2) is 8.88. The van der Waals surface area contributed by atoms with Crippen molar-refractivity contribution in [1.82, 2.24) is 10.9 Å². The Morgan fingerprint density at radius 1 is 0.938 bits per heavy atom. The third-order valence-corrected chi connectivity index (χ3v) is 5.85. The first-order valence-electron chi connectivity index (χ1n) is 9.63. The summed E-state index contributed by atoms with van der Waals surface area (Å²) >= 11 is 1.67. The van der Waals surface area contributed by atoms with E-state index >= 15 is 0 Å². The minimum Gasteiger partial charge on any atom is -0.376 e. The molecule has 3 aromatic rings. The molecule has 5 nitrogen and oxygen atoms in total. The summed E-state index contributed by atoms with van der Waals surface area (Å²) in [6, 6.07) is 18.5. The van der Waals surface area contributed by atoms with E-state index in [9.17, 15) is 18.0 Å². The number of rotatable bonds is 6. The topological polar surface area (TPSA) is 65.2 Å². The number of halogens is 3. The van der Waals surface area contributed by atoms with Crippen LogP contribution in [0.4, 0.5) is 30.2 Å². The van der Waals surface area contributed by atoms with Gasteiger partial charge in [-0.05, 0) is 42.5 Å². The lowest BCUT2D eigenvalue weighted by Crippen LogP contribution is -2.39. The third-order valence-electron chi connectivity index (χ3n) is 4.70. The lowest BCUT2D eigenvalue weighted by Gasteiger charge is -2.22. The molecule has 32 heavy (non-hydrogen) atoms. The Hall–Kier alpha value is -3.59. The molecule has 0 radical (unpaired) electrons. The van der Waals surface area contributed by atoms with E-state index in [1.807, 2.05) is 42.5 Å². The first-order chi connectivity index (χ1) is 15.3. The zero-order valence-corrected chi connectivity index (χ0v) is 17.5. The van der Waals surface area contributed by atoms with Crippen LogP contribution in [0.15, 0.2) is 83.1 Å². The summed E-state index contributed by atoms with van der Waals surface area (Å²) in [7, 11) is 0. The summed E-state index contributed by atoms with van der Waals surface area (Å²) in [4.78, 5) is 14.3. The molecule has 1 aliphatic heterocycles. The molecule has 0 spiro atoms. The highest BCUT2D eigenvalue weighted by atomic mass is 32.2. The summed E-state index contributed by atoms with van der Waals surface area (Å²) in [5.41, 5.74) is 7.88. The van der Waals surface area contributed by atoms with Crippen molar-refractivity contribution in [2.45, 2.75) is 16.0 Å². The van der Waals surface area contributed by atoms with E-state index in [-0.39, 0.29) is 12.2 Å². The normalized spacial score (nSPS) is 12.1. The van der Waals surface area contributed by atoms with Crippen LogP contribution in [0.25, 0.3) is 5.70 Å². The fraction of sp³-hybridized carbons (Fsp3) is 0.0870. The van der Waals surface area contributed by atoms with Crippen LogP contribution in [0.3, 0.4) is 0 Å². The number of alkyl halides is 3. The zero-order valence-electron chi connectivity index (χ0n) is 16.7. The molecule has 4 N–H and O–H groups in total. The van der Waals surface area contributed by atoms with Crippen LogP contribution >= 0.6 is 11.8 Å². The van der Waals surface area contributed by atoms with Crippen LogP contribution in [0.5, 0.6) is 0 Å². The number of hydrogen-bond donors (Lipinski definition) is 4. The average molecular weight is 456 g/mol. The van der Waals surface area contributed by atoms with Crippen molar-refractivity contribution < 1.29 is 18.0 Å². The van der Waals surface area contributed by atoms with E-state index < -0.39 is 17.6 Å². The van der Waals surface area contributed by atoms with Crippen LogP contribution in [-0.4, -0.2) is 12.5 Å². The van der Waals surface area contributed by atoms with Gasteiger partial charge in [0.1, 0.15) is 0 Å². The van der Waals surface area contributed by atoms with Gasteiger partial charge in [0.25, 0.3) is 5.91 Å². The van der Waals surface area contributed by atoms with Gasteiger partial charge < -0.3 is 10.6 Å². The summed E-state index contributed by atoms with van der Waals surface area (Å²) in [6.45, 7) is 3.73. The standard InChI is InChI=1S/C23H19F3N4OS/c1-14(15-9-10-21-19(11-15)28-18-7-2-3-8-20(18)32-21)29-30-22(31)13-27-17-6-4-5-16(12-17)23(24,25)26/h2-12,27-29H,1,13H2,(H,30,31). The molecule has 9 heteroatoms. The highest BCUT2D eigenvalue weighted by Gasteiger charge is 2.30. The molecule has 0 saturated heterocycles. The Kier molecular flexibility index (Phi) is 6.00. The number of para-hydroxylation sites is 1.